The predicted molar refractivity (Wildman–Crippen MR) is 128 cm³/mol. The van der Waals surface area contributed by atoms with Crippen molar-refractivity contribution >= 4 is 16.9 Å². The van der Waals surface area contributed by atoms with E-state index in [-0.39, 0.29) is 29.8 Å². The van der Waals surface area contributed by atoms with Crippen LogP contribution in [0.1, 0.15) is 41.7 Å². The predicted octanol–water partition coefficient (Wildman–Crippen LogP) is 4.63. The normalized spacial score (nSPS) is 24.0. The number of para-hydroxylation sites is 1. The topological polar surface area (TPSA) is 66.6 Å². The van der Waals surface area contributed by atoms with Crippen LogP contribution in [0.25, 0.3) is 10.9 Å². The van der Waals surface area contributed by atoms with Gasteiger partial charge in [0.05, 0.1) is 19.7 Å². The van der Waals surface area contributed by atoms with Gasteiger partial charge in [-0.1, -0.05) is 36.3 Å². The van der Waals surface area contributed by atoms with Crippen molar-refractivity contribution in [2.45, 2.75) is 49.8 Å². The molecule has 0 aliphatic carbocycles. The summed E-state index contributed by atoms with van der Waals surface area (Å²) in [6, 6.07) is 12.9. The number of rotatable bonds is 5. The first-order chi connectivity index (χ1) is 17.3. The van der Waals surface area contributed by atoms with Gasteiger partial charge in [0.2, 0.25) is 0 Å². The summed E-state index contributed by atoms with van der Waals surface area (Å²) in [4.78, 5) is 18.8. The summed E-state index contributed by atoms with van der Waals surface area (Å²) >= 11 is 0. The highest BCUT2D eigenvalue weighted by molar-refractivity contribution is 5.87. The second kappa shape index (κ2) is 9.52. The van der Waals surface area contributed by atoms with E-state index >= 15 is 0 Å². The zero-order valence-electron chi connectivity index (χ0n) is 19.6. The lowest BCUT2D eigenvalue weighted by Crippen LogP contribution is -2.55. The van der Waals surface area contributed by atoms with Crippen molar-refractivity contribution < 1.29 is 27.4 Å². The summed E-state index contributed by atoms with van der Waals surface area (Å²) < 4.78 is 47.3. The fourth-order valence-corrected chi connectivity index (χ4v) is 5.73. The minimum absolute atomic E-state index is 0.0362. The molecule has 5 rings (SSSR count). The Morgan fingerprint density at radius 2 is 1.89 bits per heavy atom. The molecule has 0 unspecified atom stereocenters. The van der Waals surface area contributed by atoms with Gasteiger partial charge in [-0.25, -0.2) is 0 Å². The van der Waals surface area contributed by atoms with Crippen molar-refractivity contribution in [2.75, 3.05) is 13.7 Å². The molecular weight excluding hydrogens is 471 g/mol. The standard InChI is InChI=1S/C27H26F3N3O3/c1-3-12-31-17-13-22(16-8-10-18(11-9-16)36-27(28,29)30)33-23(14-17)25-20(15-24(33)26(34)35-2)19-6-4-5-7-21(19)32-25/h1,4-11,17,22-24,31-32H,12-15H2,2H3/t17-,22+,23-,24+/m1/s1. The van der Waals surface area contributed by atoms with Gasteiger partial charge in [0.25, 0.3) is 0 Å². The van der Waals surface area contributed by atoms with Gasteiger partial charge in [0.15, 0.2) is 0 Å². The quantitative estimate of drug-likeness (QED) is 0.397. The number of carbonyl (C=O) groups is 1. The van der Waals surface area contributed by atoms with E-state index in [1.54, 1.807) is 12.1 Å². The van der Waals surface area contributed by atoms with Gasteiger partial charge >= 0.3 is 12.3 Å². The molecule has 4 atom stereocenters. The summed E-state index contributed by atoms with van der Waals surface area (Å²) in [6.45, 7) is 0.391. The number of alkyl halides is 3. The Balaban J connectivity index is 1.59. The molecule has 2 aromatic carbocycles. The van der Waals surface area contributed by atoms with Gasteiger partial charge in [0.1, 0.15) is 11.8 Å². The van der Waals surface area contributed by atoms with Crippen LogP contribution in [0.4, 0.5) is 13.2 Å². The van der Waals surface area contributed by atoms with Crippen LogP contribution in [0.15, 0.2) is 48.5 Å². The Bertz CT molecular complexity index is 1300. The number of halogens is 3. The Labute approximate surface area is 206 Å². The van der Waals surface area contributed by atoms with Crippen LogP contribution in [0.5, 0.6) is 5.75 Å². The summed E-state index contributed by atoms with van der Waals surface area (Å²) in [5.74, 6) is 1.99. The summed E-state index contributed by atoms with van der Waals surface area (Å²) in [5, 5.41) is 4.48. The zero-order chi connectivity index (χ0) is 25.4. The molecule has 1 fully saturated rings. The molecule has 3 aromatic rings. The van der Waals surface area contributed by atoms with Crippen molar-refractivity contribution in [3.63, 3.8) is 0 Å². The molecule has 0 spiro atoms. The highest BCUT2D eigenvalue weighted by Gasteiger charge is 2.48. The third kappa shape index (κ3) is 4.54. The third-order valence-corrected chi connectivity index (χ3v) is 7.14. The minimum Gasteiger partial charge on any atom is -0.468 e. The molecule has 2 aliphatic rings. The molecule has 1 aromatic heterocycles. The van der Waals surface area contributed by atoms with E-state index in [4.69, 9.17) is 11.2 Å². The van der Waals surface area contributed by atoms with Crippen molar-refractivity contribution in [1.29, 1.82) is 0 Å². The number of H-pyrrole nitrogens is 1. The lowest BCUT2D eigenvalue weighted by molar-refractivity contribution is -0.274. The van der Waals surface area contributed by atoms with Crippen LogP contribution >= 0.6 is 0 Å². The van der Waals surface area contributed by atoms with E-state index in [1.165, 1.54) is 19.2 Å². The number of nitrogens with one attached hydrogen (secondary N) is 2. The number of aromatic nitrogens is 1. The van der Waals surface area contributed by atoms with Crippen molar-refractivity contribution in [1.82, 2.24) is 15.2 Å². The molecule has 0 radical (unpaired) electrons. The van der Waals surface area contributed by atoms with Gasteiger partial charge in [-0.15, -0.1) is 19.6 Å². The number of carbonyl (C=O) groups excluding carboxylic acids is 1. The Kier molecular flexibility index (Phi) is 6.41. The first kappa shape index (κ1) is 24.2. The molecule has 1 saturated heterocycles. The number of hydrogen-bond donors (Lipinski definition) is 2. The van der Waals surface area contributed by atoms with Gasteiger partial charge in [-0.05, 0) is 42.2 Å². The highest BCUT2D eigenvalue weighted by Crippen LogP contribution is 2.49. The molecule has 188 valence electrons. The molecule has 0 bridgehead atoms. The van der Waals surface area contributed by atoms with Crippen LogP contribution in [0, 0.1) is 12.3 Å². The fourth-order valence-electron chi connectivity index (χ4n) is 5.73. The summed E-state index contributed by atoms with van der Waals surface area (Å²) in [5.41, 5.74) is 3.92. The maximum atomic E-state index is 13.1. The van der Waals surface area contributed by atoms with Crippen LogP contribution in [0.3, 0.4) is 0 Å². The maximum Gasteiger partial charge on any atom is 0.573 e. The van der Waals surface area contributed by atoms with Crippen LogP contribution in [0.2, 0.25) is 0 Å². The molecule has 6 nitrogen and oxygen atoms in total. The maximum absolute atomic E-state index is 13.1. The number of fused-ring (bicyclic) bond motifs is 5. The number of ether oxygens (including phenoxy) is 2. The molecular formula is C27H26F3N3O3. The van der Waals surface area contributed by atoms with Crippen LogP contribution in [-0.2, 0) is 16.0 Å². The van der Waals surface area contributed by atoms with E-state index in [0.717, 1.165) is 27.7 Å². The largest absolute Gasteiger partial charge is 0.573 e. The Morgan fingerprint density at radius 3 is 2.58 bits per heavy atom. The number of terminal acetylenes is 1. The SMILES string of the molecule is C#CCN[C@H]1C[C@@H]2c3[nH]c4ccccc4c3C[C@@H](C(=O)OC)N2[C@H](c2ccc(OC(F)(F)F)cc2)C1. The lowest BCUT2D eigenvalue weighted by atomic mass is 9.79. The van der Waals surface area contributed by atoms with Crippen molar-refractivity contribution in [3.8, 4) is 18.1 Å². The molecule has 9 heteroatoms. The number of piperidine rings is 1. The zero-order valence-corrected chi connectivity index (χ0v) is 19.6. The Hall–Kier alpha value is -3.48. The van der Waals surface area contributed by atoms with E-state index in [1.807, 2.05) is 24.3 Å². The number of methoxy groups -OCH3 is 1. The highest BCUT2D eigenvalue weighted by atomic mass is 19.4. The van der Waals surface area contributed by atoms with Gasteiger partial charge in [-0.3, -0.25) is 9.69 Å². The minimum atomic E-state index is -4.77. The molecule has 2 N–H and O–H groups in total. The van der Waals surface area contributed by atoms with E-state index in [2.05, 4.69) is 25.9 Å². The van der Waals surface area contributed by atoms with Gasteiger partial charge in [-0.2, -0.15) is 0 Å². The summed E-state index contributed by atoms with van der Waals surface area (Å²) in [7, 11) is 1.38. The van der Waals surface area contributed by atoms with Crippen LogP contribution < -0.4 is 10.1 Å². The number of esters is 1. The lowest BCUT2D eigenvalue weighted by Gasteiger charge is -2.50. The molecule has 3 heterocycles. The second-order valence-corrected chi connectivity index (χ2v) is 9.15. The van der Waals surface area contributed by atoms with E-state index in [0.29, 0.717) is 25.8 Å². The average Bonchev–Trinajstić information content (AvgIpc) is 3.24. The van der Waals surface area contributed by atoms with Gasteiger partial charge < -0.3 is 19.8 Å². The second-order valence-electron chi connectivity index (χ2n) is 9.15. The average molecular weight is 498 g/mol. The van der Waals surface area contributed by atoms with Crippen molar-refractivity contribution in [2.24, 2.45) is 0 Å². The molecule has 0 saturated carbocycles. The van der Waals surface area contributed by atoms with E-state index in [9.17, 15) is 18.0 Å². The number of nitrogens with zero attached hydrogens (tertiary/aromatic N) is 1. The number of aromatic amines is 1. The Morgan fingerprint density at radius 1 is 1.17 bits per heavy atom. The number of benzene rings is 2. The first-order valence-electron chi connectivity index (χ1n) is 11.8. The fraction of sp³-hybridized carbons (Fsp3) is 0.370. The third-order valence-electron chi connectivity index (χ3n) is 7.14. The molecule has 36 heavy (non-hydrogen) atoms. The van der Waals surface area contributed by atoms with E-state index < -0.39 is 12.4 Å². The number of hydrogen-bond acceptors (Lipinski definition) is 5. The smallest absolute Gasteiger partial charge is 0.468 e. The van der Waals surface area contributed by atoms with Crippen LogP contribution in [-0.4, -0.2) is 48.0 Å². The first-order valence-corrected chi connectivity index (χ1v) is 11.8. The molecule has 2 aliphatic heterocycles. The van der Waals surface area contributed by atoms with Gasteiger partial charge in [0, 0.05) is 35.1 Å². The molecule has 0 amide bonds. The van der Waals surface area contributed by atoms with Crippen molar-refractivity contribution in [3.05, 3.63) is 65.4 Å². The monoisotopic (exact) mass is 497 g/mol. The summed E-state index contributed by atoms with van der Waals surface area (Å²) in [6.07, 6.45) is 2.54.